The monoisotopic (exact) mass is 331 g/mol. The van der Waals surface area contributed by atoms with Crippen LogP contribution >= 0.6 is 24.8 Å². The quantitative estimate of drug-likeness (QED) is 0.873. The number of aromatic nitrogens is 3. The van der Waals surface area contributed by atoms with E-state index in [1.54, 1.807) is 30.1 Å². The van der Waals surface area contributed by atoms with Gasteiger partial charge in [-0.3, -0.25) is 14.5 Å². The van der Waals surface area contributed by atoms with E-state index in [9.17, 15) is 4.79 Å². The molecule has 0 aliphatic heterocycles. The first-order valence-corrected chi connectivity index (χ1v) is 6.12. The lowest BCUT2D eigenvalue weighted by Crippen LogP contribution is -2.26. The maximum absolute atomic E-state index is 11.7. The molecule has 0 saturated carbocycles. The summed E-state index contributed by atoms with van der Waals surface area (Å²) >= 11 is 0. The van der Waals surface area contributed by atoms with Crippen LogP contribution < -0.4 is 11.1 Å². The minimum absolute atomic E-state index is 0. The molecule has 0 aliphatic carbocycles. The molecule has 6 nitrogen and oxygen atoms in total. The van der Waals surface area contributed by atoms with Gasteiger partial charge in [-0.2, -0.15) is 5.10 Å². The lowest BCUT2D eigenvalue weighted by Gasteiger charge is -2.07. The topological polar surface area (TPSA) is 85.8 Å². The Bertz CT molecular complexity index is 547. The van der Waals surface area contributed by atoms with Crippen molar-refractivity contribution in [1.29, 1.82) is 0 Å². The summed E-state index contributed by atoms with van der Waals surface area (Å²) in [6.45, 7) is 2.75. The minimum Gasteiger partial charge on any atom is -0.330 e. The molecule has 1 atom stereocenters. The van der Waals surface area contributed by atoms with Crippen molar-refractivity contribution in [2.45, 2.75) is 13.5 Å². The van der Waals surface area contributed by atoms with Crippen LogP contribution in [0.4, 0.5) is 5.82 Å². The van der Waals surface area contributed by atoms with Gasteiger partial charge in [-0.15, -0.1) is 24.8 Å². The predicted molar refractivity (Wildman–Crippen MR) is 86.9 cm³/mol. The highest BCUT2D eigenvalue weighted by Crippen LogP contribution is 2.07. The highest BCUT2D eigenvalue weighted by molar-refractivity contribution is 5.91. The SMILES string of the molecule is CC(CN)C(=O)Nc1ccn(Cc2ccncc2)n1.Cl.Cl. The number of nitrogens with zero attached hydrogens (tertiary/aromatic N) is 3. The zero-order valence-corrected chi connectivity index (χ0v) is 13.2. The number of anilines is 1. The number of nitrogens with one attached hydrogen (secondary N) is 1. The molecule has 0 spiro atoms. The molecular formula is C13H19Cl2N5O. The number of hydrogen-bond donors (Lipinski definition) is 2. The van der Waals surface area contributed by atoms with Crippen LogP contribution in [0.15, 0.2) is 36.8 Å². The van der Waals surface area contributed by atoms with E-state index in [1.807, 2.05) is 18.3 Å². The first-order valence-electron chi connectivity index (χ1n) is 6.12. The summed E-state index contributed by atoms with van der Waals surface area (Å²) < 4.78 is 1.76. The first kappa shape index (κ1) is 19.4. The number of rotatable bonds is 5. The van der Waals surface area contributed by atoms with Crippen LogP contribution in [0.5, 0.6) is 0 Å². The van der Waals surface area contributed by atoms with Crippen molar-refractivity contribution in [3.05, 3.63) is 42.4 Å². The minimum atomic E-state index is -0.217. The van der Waals surface area contributed by atoms with Gasteiger partial charge < -0.3 is 11.1 Å². The van der Waals surface area contributed by atoms with Gasteiger partial charge in [0.05, 0.1) is 6.54 Å². The Hall–Kier alpha value is -1.63. The lowest BCUT2D eigenvalue weighted by atomic mass is 10.2. The molecule has 21 heavy (non-hydrogen) atoms. The first-order chi connectivity index (χ1) is 9.19. The maximum Gasteiger partial charge on any atom is 0.229 e. The number of carbonyl (C=O) groups excluding carboxylic acids is 1. The van der Waals surface area contributed by atoms with Crippen molar-refractivity contribution >= 4 is 36.5 Å². The Balaban J connectivity index is 0.00000200. The predicted octanol–water partition coefficient (Wildman–Crippen LogP) is 1.70. The lowest BCUT2D eigenvalue weighted by molar-refractivity contribution is -0.119. The number of pyridine rings is 1. The van der Waals surface area contributed by atoms with E-state index < -0.39 is 0 Å². The van der Waals surface area contributed by atoms with E-state index in [0.717, 1.165) is 5.56 Å². The van der Waals surface area contributed by atoms with Gasteiger partial charge in [0.25, 0.3) is 0 Å². The Morgan fingerprint density at radius 3 is 2.62 bits per heavy atom. The van der Waals surface area contributed by atoms with Crippen molar-refractivity contribution in [3.8, 4) is 0 Å². The number of nitrogens with two attached hydrogens (primary N) is 1. The fraction of sp³-hybridized carbons (Fsp3) is 0.308. The summed E-state index contributed by atoms with van der Waals surface area (Å²) in [6, 6.07) is 5.62. The van der Waals surface area contributed by atoms with E-state index in [0.29, 0.717) is 18.9 Å². The van der Waals surface area contributed by atoms with Crippen LogP contribution in [0.3, 0.4) is 0 Å². The molecule has 0 saturated heterocycles. The van der Waals surface area contributed by atoms with Gasteiger partial charge in [-0.1, -0.05) is 6.92 Å². The molecule has 0 aliphatic rings. The third kappa shape index (κ3) is 5.71. The van der Waals surface area contributed by atoms with Crippen molar-refractivity contribution in [2.24, 2.45) is 11.7 Å². The number of amides is 1. The van der Waals surface area contributed by atoms with Gasteiger partial charge >= 0.3 is 0 Å². The Morgan fingerprint density at radius 1 is 1.33 bits per heavy atom. The maximum atomic E-state index is 11.7. The molecule has 2 rings (SSSR count). The van der Waals surface area contributed by atoms with Gasteiger partial charge in [-0.25, -0.2) is 0 Å². The summed E-state index contributed by atoms with van der Waals surface area (Å²) in [6.07, 6.45) is 5.30. The second kappa shape index (κ2) is 9.33. The van der Waals surface area contributed by atoms with E-state index >= 15 is 0 Å². The Kier molecular flexibility index (Phi) is 8.61. The van der Waals surface area contributed by atoms with Gasteiger partial charge in [0.1, 0.15) is 0 Å². The highest BCUT2D eigenvalue weighted by Gasteiger charge is 2.12. The van der Waals surface area contributed by atoms with E-state index in [2.05, 4.69) is 15.4 Å². The van der Waals surface area contributed by atoms with Crippen molar-refractivity contribution in [3.63, 3.8) is 0 Å². The molecule has 2 heterocycles. The summed E-state index contributed by atoms with van der Waals surface area (Å²) in [4.78, 5) is 15.6. The van der Waals surface area contributed by atoms with Crippen molar-refractivity contribution in [1.82, 2.24) is 14.8 Å². The smallest absolute Gasteiger partial charge is 0.229 e. The van der Waals surface area contributed by atoms with Crippen LogP contribution in [-0.4, -0.2) is 27.2 Å². The Labute approximate surface area is 135 Å². The second-order valence-electron chi connectivity index (χ2n) is 4.38. The fourth-order valence-corrected chi connectivity index (χ4v) is 1.55. The Morgan fingerprint density at radius 2 is 2.00 bits per heavy atom. The summed E-state index contributed by atoms with van der Waals surface area (Å²) in [5.41, 5.74) is 6.54. The van der Waals surface area contributed by atoms with Crippen molar-refractivity contribution in [2.75, 3.05) is 11.9 Å². The molecule has 3 N–H and O–H groups in total. The van der Waals surface area contributed by atoms with E-state index in [4.69, 9.17) is 5.73 Å². The van der Waals surface area contributed by atoms with Crippen LogP contribution in [0, 0.1) is 5.92 Å². The molecule has 0 fully saturated rings. The van der Waals surface area contributed by atoms with Gasteiger partial charge in [0.2, 0.25) is 5.91 Å². The molecule has 1 amide bonds. The number of halogens is 2. The normalized spacial score (nSPS) is 11.0. The molecule has 2 aromatic heterocycles. The van der Waals surface area contributed by atoms with Gasteiger partial charge in [0.15, 0.2) is 5.82 Å². The largest absolute Gasteiger partial charge is 0.330 e. The third-order valence-electron chi connectivity index (χ3n) is 2.79. The van der Waals surface area contributed by atoms with Crippen LogP contribution in [-0.2, 0) is 11.3 Å². The average Bonchev–Trinajstić information content (AvgIpc) is 2.86. The average molecular weight is 332 g/mol. The summed E-state index contributed by atoms with van der Waals surface area (Å²) in [5.74, 6) is 0.210. The van der Waals surface area contributed by atoms with Crippen molar-refractivity contribution < 1.29 is 4.79 Å². The summed E-state index contributed by atoms with van der Waals surface area (Å²) in [7, 11) is 0. The second-order valence-corrected chi connectivity index (χ2v) is 4.38. The van der Waals surface area contributed by atoms with Gasteiger partial charge in [-0.05, 0) is 17.7 Å². The zero-order valence-electron chi connectivity index (χ0n) is 11.6. The van der Waals surface area contributed by atoms with E-state index in [-0.39, 0.29) is 36.6 Å². The molecule has 0 aromatic carbocycles. The van der Waals surface area contributed by atoms with Gasteiger partial charge in [0, 0.05) is 37.1 Å². The zero-order chi connectivity index (χ0) is 13.7. The summed E-state index contributed by atoms with van der Waals surface area (Å²) in [5, 5.41) is 7.02. The molecule has 0 bridgehead atoms. The highest BCUT2D eigenvalue weighted by atomic mass is 35.5. The fourth-order valence-electron chi connectivity index (χ4n) is 1.55. The number of carbonyl (C=O) groups is 1. The molecule has 2 aromatic rings. The van der Waals surface area contributed by atoms with Crippen LogP contribution in [0.2, 0.25) is 0 Å². The standard InChI is InChI=1S/C13H17N5O.2ClH/c1-10(8-14)13(19)16-12-4-7-18(17-12)9-11-2-5-15-6-3-11;;/h2-7,10H,8-9,14H2,1H3,(H,16,17,19);2*1H. The molecule has 0 radical (unpaired) electrons. The van der Waals surface area contributed by atoms with Crippen LogP contribution in [0.25, 0.3) is 0 Å². The third-order valence-corrected chi connectivity index (χ3v) is 2.79. The number of hydrogen-bond acceptors (Lipinski definition) is 4. The van der Waals surface area contributed by atoms with E-state index in [1.165, 1.54) is 0 Å². The molecule has 8 heteroatoms. The molecule has 116 valence electrons. The van der Waals surface area contributed by atoms with Crippen LogP contribution in [0.1, 0.15) is 12.5 Å². The molecule has 1 unspecified atom stereocenters. The molecular weight excluding hydrogens is 313 g/mol.